The molecule has 0 atom stereocenters. The highest BCUT2D eigenvalue weighted by molar-refractivity contribution is 5.66. The van der Waals surface area contributed by atoms with E-state index in [-0.39, 0.29) is 17.1 Å². The van der Waals surface area contributed by atoms with Gasteiger partial charge in [-0.2, -0.15) is 0 Å². The minimum absolute atomic E-state index is 0.0901. The normalized spacial score (nSPS) is 10.2. The molecule has 0 fully saturated rings. The fourth-order valence-electron chi connectivity index (χ4n) is 1.85. The molecule has 0 aliphatic rings. The van der Waals surface area contributed by atoms with Gasteiger partial charge in [0.15, 0.2) is 0 Å². The number of nitro groups is 1. The van der Waals surface area contributed by atoms with Gasteiger partial charge in [0.2, 0.25) is 5.75 Å². The zero-order chi connectivity index (χ0) is 14.0. The van der Waals surface area contributed by atoms with E-state index in [1.807, 2.05) is 26.0 Å². The third kappa shape index (κ3) is 2.65. The topological polar surface area (TPSA) is 78.4 Å². The van der Waals surface area contributed by atoms with Crippen LogP contribution in [0.5, 0.6) is 11.5 Å². The Morgan fingerprint density at radius 2 is 1.89 bits per heavy atom. The highest BCUT2D eigenvalue weighted by atomic mass is 16.6. The number of benzene rings is 2. The van der Waals surface area contributed by atoms with Crippen LogP contribution in [0.2, 0.25) is 0 Å². The predicted molar refractivity (Wildman–Crippen MR) is 73.5 cm³/mol. The molecule has 0 unspecified atom stereocenters. The molecule has 2 aromatic carbocycles. The van der Waals surface area contributed by atoms with Crippen LogP contribution in [-0.4, -0.2) is 4.92 Å². The Labute approximate surface area is 110 Å². The van der Waals surface area contributed by atoms with Crippen LogP contribution < -0.4 is 10.5 Å². The van der Waals surface area contributed by atoms with Crippen molar-refractivity contribution in [3.63, 3.8) is 0 Å². The first kappa shape index (κ1) is 12.9. The second-order valence-electron chi connectivity index (χ2n) is 4.32. The molecular weight excluding hydrogens is 244 g/mol. The molecule has 98 valence electrons. The number of anilines is 1. The molecule has 19 heavy (non-hydrogen) atoms. The SMILES string of the molecule is Cc1ccc(Oc2cccc(N)c2[N+](=O)[O-])c(C)c1. The van der Waals surface area contributed by atoms with Crippen molar-refractivity contribution in [1.82, 2.24) is 0 Å². The standard InChI is InChI=1S/C14H14N2O3/c1-9-6-7-12(10(2)8-9)19-13-5-3-4-11(15)14(13)16(17)18/h3-8H,15H2,1-2H3. The third-order valence-electron chi connectivity index (χ3n) is 2.76. The first-order chi connectivity index (χ1) is 8.99. The summed E-state index contributed by atoms with van der Waals surface area (Å²) in [7, 11) is 0. The lowest BCUT2D eigenvalue weighted by atomic mass is 10.1. The third-order valence-corrected chi connectivity index (χ3v) is 2.76. The molecule has 0 aromatic heterocycles. The van der Waals surface area contributed by atoms with Crippen molar-refractivity contribution in [1.29, 1.82) is 0 Å². The maximum Gasteiger partial charge on any atom is 0.334 e. The van der Waals surface area contributed by atoms with E-state index in [2.05, 4.69) is 0 Å². The molecule has 0 radical (unpaired) electrons. The number of nitrogen functional groups attached to an aromatic ring is 1. The van der Waals surface area contributed by atoms with E-state index in [4.69, 9.17) is 10.5 Å². The Kier molecular flexibility index (Phi) is 3.37. The molecule has 0 saturated heterocycles. The molecule has 5 heteroatoms. The predicted octanol–water partition coefficient (Wildman–Crippen LogP) is 3.59. The van der Waals surface area contributed by atoms with E-state index in [9.17, 15) is 10.1 Å². The number of aryl methyl sites for hydroxylation is 2. The smallest absolute Gasteiger partial charge is 0.334 e. The quantitative estimate of drug-likeness (QED) is 0.518. The summed E-state index contributed by atoms with van der Waals surface area (Å²) in [4.78, 5) is 10.5. The minimum Gasteiger partial charge on any atom is -0.450 e. The molecule has 2 N–H and O–H groups in total. The second kappa shape index (κ2) is 4.97. The summed E-state index contributed by atoms with van der Waals surface area (Å²) in [5.74, 6) is 0.733. The Morgan fingerprint density at radius 3 is 2.53 bits per heavy atom. The van der Waals surface area contributed by atoms with Gasteiger partial charge in [-0.3, -0.25) is 10.1 Å². The molecule has 0 saturated carbocycles. The number of hydrogen-bond donors (Lipinski definition) is 1. The van der Waals surface area contributed by atoms with Crippen molar-refractivity contribution in [3.05, 3.63) is 57.6 Å². The summed E-state index contributed by atoms with van der Waals surface area (Å²) in [6, 6.07) is 10.3. The van der Waals surface area contributed by atoms with E-state index >= 15 is 0 Å². The van der Waals surface area contributed by atoms with Gasteiger partial charge in [0, 0.05) is 0 Å². The molecule has 0 amide bonds. The molecular formula is C14H14N2O3. The fraction of sp³-hybridized carbons (Fsp3) is 0.143. The van der Waals surface area contributed by atoms with Gasteiger partial charge in [-0.05, 0) is 37.6 Å². The van der Waals surface area contributed by atoms with Crippen LogP contribution in [0.15, 0.2) is 36.4 Å². The minimum atomic E-state index is -0.534. The highest BCUT2D eigenvalue weighted by Gasteiger charge is 2.20. The first-order valence-electron chi connectivity index (χ1n) is 5.77. The summed E-state index contributed by atoms with van der Waals surface area (Å²) in [5, 5.41) is 11.0. The van der Waals surface area contributed by atoms with Crippen LogP contribution in [0.25, 0.3) is 0 Å². The second-order valence-corrected chi connectivity index (χ2v) is 4.32. The largest absolute Gasteiger partial charge is 0.450 e. The van der Waals surface area contributed by atoms with Gasteiger partial charge in [0.1, 0.15) is 11.4 Å². The van der Waals surface area contributed by atoms with Gasteiger partial charge in [0.05, 0.1) is 4.92 Å². The Morgan fingerprint density at radius 1 is 1.16 bits per heavy atom. The number of hydrogen-bond acceptors (Lipinski definition) is 4. The zero-order valence-corrected chi connectivity index (χ0v) is 10.7. The van der Waals surface area contributed by atoms with Gasteiger partial charge >= 0.3 is 5.69 Å². The van der Waals surface area contributed by atoms with E-state index in [0.717, 1.165) is 11.1 Å². The lowest BCUT2D eigenvalue weighted by Gasteiger charge is -2.10. The summed E-state index contributed by atoms with van der Waals surface area (Å²) in [5.41, 5.74) is 7.52. The van der Waals surface area contributed by atoms with Gasteiger partial charge in [-0.1, -0.05) is 23.8 Å². The summed E-state index contributed by atoms with van der Waals surface area (Å²) >= 11 is 0. The summed E-state index contributed by atoms with van der Waals surface area (Å²) < 4.78 is 5.62. The van der Waals surface area contributed by atoms with Crippen LogP contribution >= 0.6 is 0 Å². The van der Waals surface area contributed by atoms with Crippen LogP contribution in [0.4, 0.5) is 11.4 Å². The first-order valence-corrected chi connectivity index (χ1v) is 5.77. The van der Waals surface area contributed by atoms with Crippen molar-refractivity contribution in [2.45, 2.75) is 13.8 Å². The van der Waals surface area contributed by atoms with Crippen LogP contribution in [0.3, 0.4) is 0 Å². The Hall–Kier alpha value is -2.56. The number of para-hydroxylation sites is 1. The molecule has 0 aliphatic carbocycles. The summed E-state index contributed by atoms with van der Waals surface area (Å²) in [6.45, 7) is 3.86. The van der Waals surface area contributed by atoms with E-state index in [1.54, 1.807) is 12.1 Å². The number of nitrogens with zero attached hydrogens (tertiary/aromatic N) is 1. The van der Waals surface area contributed by atoms with Gasteiger partial charge < -0.3 is 10.5 Å². The lowest BCUT2D eigenvalue weighted by Crippen LogP contribution is -1.99. The highest BCUT2D eigenvalue weighted by Crippen LogP contribution is 2.36. The molecule has 0 aliphatic heterocycles. The maximum absolute atomic E-state index is 11.0. The monoisotopic (exact) mass is 258 g/mol. The maximum atomic E-state index is 11.0. The lowest BCUT2D eigenvalue weighted by molar-refractivity contribution is -0.384. The van der Waals surface area contributed by atoms with E-state index in [1.165, 1.54) is 12.1 Å². The molecule has 0 heterocycles. The molecule has 0 spiro atoms. The van der Waals surface area contributed by atoms with Gasteiger partial charge in [0.25, 0.3) is 0 Å². The van der Waals surface area contributed by atoms with Crippen molar-refractivity contribution >= 4 is 11.4 Å². The van der Waals surface area contributed by atoms with Crippen LogP contribution in [-0.2, 0) is 0 Å². The number of rotatable bonds is 3. The number of nitrogens with two attached hydrogens (primary N) is 1. The summed E-state index contributed by atoms with van der Waals surface area (Å²) in [6.07, 6.45) is 0. The average Bonchev–Trinajstić information content (AvgIpc) is 2.32. The Balaban J connectivity index is 2.44. The number of nitro benzene ring substituents is 1. The van der Waals surface area contributed by atoms with Crippen molar-refractivity contribution in [3.8, 4) is 11.5 Å². The van der Waals surface area contributed by atoms with Gasteiger partial charge in [-0.15, -0.1) is 0 Å². The molecule has 0 bridgehead atoms. The van der Waals surface area contributed by atoms with Crippen molar-refractivity contribution in [2.75, 3.05) is 5.73 Å². The Bertz CT molecular complexity index is 639. The number of ether oxygens (including phenoxy) is 1. The van der Waals surface area contributed by atoms with Crippen LogP contribution in [0, 0.1) is 24.0 Å². The van der Waals surface area contributed by atoms with Crippen molar-refractivity contribution < 1.29 is 9.66 Å². The molecule has 5 nitrogen and oxygen atoms in total. The van der Waals surface area contributed by atoms with Gasteiger partial charge in [-0.25, -0.2) is 0 Å². The molecule has 2 rings (SSSR count). The van der Waals surface area contributed by atoms with E-state index in [0.29, 0.717) is 5.75 Å². The van der Waals surface area contributed by atoms with Crippen molar-refractivity contribution in [2.24, 2.45) is 0 Å². The van der Waals surface area contributed by atoms with E-state index < -0.39 is 4.92 Å². The zero-order valence-electron chi connectivity index (χ0n) is 10.7. The fourth-order valence-corrected chi connectivity index (χ4v) is 1.85. The van der Waals surface area contributed by atoms with Crippen LogP contribution in [0.1, 0.15) is 11.1 Å². The average molecular weight is 258 g/mol. The molecule has 2 aromatic rings.